The summed E-state index contributed by atoms with van der Waals surface area (Å²) in [4.78, 5) is 14.4. The largest absolute Gasteiger partial charge is 0.446 e. The third-order valence-corrected chi connectivity index (χ3v) is 3.19. The van der Waals surface area contributed by atoms with Crippen LogP contribution in [0, 0.1) is 10.1 Å². The van der Waals surface area contributed by atoms with Crippen molar-refractivity contribution in [2.75, 3.05) is 0 Å². The van der Waals surface area contributed by atoms with E-state index in [-0.39, 0.29) is 5.69 Å². The second kappa shape index (κ2) is 5.49. The molecule has 2 aromatic heterocycles. The molecular weight excluding hydrogens is 342 g/mol. The fourth-order valence-electron chi connectivity index (χ4n) is 1.77. The minimum atomic E-state index is -0.441. The van der Waals surface area contributed by atoms with Crippen molar-refractivity contribution < 1.29 is 13.9 Å². The van der Waals surface area contributed by atoms with Gasteiger partial charge in [-0.05, 0) is 33.6 Å². The predicted molar refractivity (Wildman–Crippen MR) is 75.6 cm³/mol. The minimum absolute atomic E-state index is 0.0467. The molecule has 0 spiro atoms. The number of nitro benzene ring substituents is 1. The van der Waals surface area contributed by atoms with Crippen molar-refractivity contribution in [1.29, 1.82) is 0 Å². The lowest BCUT2D eigenvalue weighted by atomic mass is 10.1. The first-order valence-corrected chi connectivity index (χ1v) is 6.73. The van der Waals surface area contributed by atoms with E-state index >= 15 is 0 Å². The molecule has 0 aliphatic heterocycles. The van der Waals surface area contributed by atoms with E-state index in [9.17, 15) is 10.1 Å². The molecule has 3 rings (SSSR count). The summed E-state index contributed by atoms with van der Waals surface area (Å²) >= 11 is 3.20. The summed E-state index contributed by atoms with van der Waals surface area (Å²) in [5.74, 6) is 1.27. The number of halogens is 1. The monoisotopic (exact) mass is 349 g/mol. The molecule has 0 fully saturated rings. The Morgan fingerprint density at radius 2 is 1.95 bits per heavy atom. The van der Waals surface area contributed by atoms with Crippen LogP contribution < -0.4 is 0 Å². The third kappa shape index (κ3) is 3.00. The molecule has 0 saturated heterocycles. The zero-order valence-electron chi connectivity index (χ0n) is 10.5. The van der Waals surface area contributed by atoms with Gasteiger partial charge < -0.3 is 8.94 Å². The van der Waals surface area contributed by atoms with Crippen LogP contribution in [-0.4, -0.2) is 15.1 Å². The minimum Gasteiger partial charge on any atom is -0.446 e. The van der Waals surface area contributed by atoms with Crippen LogP contribution >= 0.6 is 15.9 Å². The average molecular weight is 350 g/mol. The van der Waals surface area contributed by atoms with E-state index in [1.807, 2.05) is 0 Å². The van der Waals surface area contributed by atoms with E-state index in [2.05, 4.69) is 26.1 Å². The number of nitrogens with zero attached hydrogens (tertiary/aromatic N) is 3. The molecular formula is C13H8BrN3O4. The molecule has 106 valence electrons. The van der Waals surface area contributed by atoms with Crippen LogP contribution in [0.1, 0.15) is 11.5 Å². The first kappa shape index (κ1) is 13.5. The summed E-state index contributed by atoms with van der Waals surface area (Å²) in [6, 6.07) is 9.66. The second-order valence-corrected chi connectivity index (χ2v) is 5.00. The average Bonchev–Trinajstić information content (AvgIpc) is 3.08. The van der Waals surface area contributed by atoms with E-state index in [1.165, 1.54) is 12.1 Å². The van der Waals surface area contributed by atoms with Gasteiger partial charge in [-0.15, -0.1) is 0 Å². The highest BCUT2D eigenvalue weighted by molar-refractivity contribution is 9.10. The standard InChI is InChI=1S/C13H8BrN3O4/c14-11-6-5-10(20-11)13-15-12(21-16-13)7-8-1-3-9(4-2-8)17(18)19/h1-6H,7H2. The number of hydrogen-bond acceptors (Lipinski definition) is 6. The van der Waals surface area contributed by atoms with Crippen LogP contribution in [0.4, 0.5) is 5.69 Å². The molecule has 2 heterocycles. The summed E-state index contributed by atoms with van der Waals surface area (Å²) in [5, 5.41) is 14.4. The molecule has 0 amide bonds. The van der Waals surface area contributed by atoms with Gasteiger partial charge >= 0.3 is 0 Å². The van der Waals surface area contributed by atoms with E-state index in [1.54, 1.807) is 24.3 Å². The summed E-state index contributed by atoms with van der Waals surface area (Å²) < 4.78 is 11.1. The summed E-state index contributed by atoms with van der Waals surface area (Å²) in [7, 11) is 0. The van der Waals surface area contributed by atoms with Gasteiger partial charge in [-0.1, -0.05) is 17.3 Å². The van der Waals surface area contributed by atoms with Gasteiger partial charge in [0, 0.05) is 12.1 Å². The highest BCUT2D eigenvalue weighted by Gasteiger charge is 2.13. The normalized spacial score (nSPS) is 10.7. The Balaban J connectivity index is 1.76. The number of benzene rings is 1. The fourth-order valence-corrected chi connectivity index (χ4v) is 2.08. The first-order valence-electron chi connectivity index (χ1n) is 5.93. The summed E-state index contributed by atoms with van der Waals surface area (Å²) in [6.45, 7) is 0. The van der Waals surface area contributed by atoms with Gasteiger partial charge in [0.05, 0.1) is 11.3 Å². The van der Waals surface area contributed by atoms with E-state index < -0.39 is 4.92 Å². The van der Waals surface area contributed by atoms with Crippen LogP contribution in [0.25, 0.3) is 11.6 Å². The van der Waals surface area contributed by atoms with Gasteiger partial charge in [-0.25, -0.2) is 0 Å². The maximum Gasteiger partial charge on any atom is 0.269 e. The molecule has 0 radical (unpaired) electrons. The third-order valence-electron chi connectivity index (χ3n) is 2.76. The number of furan rings is 1. The van der Waals surface area contributed by atoms with Crippen molar-refractivity contribution in [3.63, 3.8) is 0 Å². The van der Waals surface area contributed by atoms with E-state index in [4.69, 9.17) is 8.94 Å². The Hall–Kier alpha value is -2.48. The van der Waals surface area contributed by atoms with Crippen LogP contribution in [0.5, 0.6) is 0 Å². The zero-order valence-corrected chi connectivity index (χ0v) is 12.1. The van der Waals surface area contributed by atoms with Gasteiger partial charge in [0.1, 0.15) is 0 Å². The molecule has 0 aliphatic carbocycles. The van der Waals surface area contributed by atoms with Gasteiger partial charge in [-0.2, -0.15) is 4.98 Å². The SMILES string of the molecule is O=[N+]([O-])c1ccc(Cc2nc(-c3ccc(Br)o3)no2)cc1. The molecule has 0 aliphatic rings. The van der Waals surface area contributed by atoms with Gasteiger partial charge in [0.15, 0.2) is 10.4 Å². The Labute approximate surface area is 126 Å². The fraction of sp³-hybridized carbons (Fsp3) is 0.0769. The maximum absolute atomic E-state index is 10.6. The molecule has 3 aromatic rings. The Morgan fingerprint density at radius 3 is 2.57 bits per heavy atom. The van der Waals surface area contributed by atoms with Crippen molar-refractivity contribution in [2.24, 2.45) is 0 Å². The Morgan fingerprint density at radius 1 is 1.19 bits per heavy atom. The highest BCUT2D eigenvalue weighted by Crippen LogP contribution is 2.23. The van der Waals surface area contributed by atoms with Crippen molar-refractivity contribution >= 4 is 21.6 Å². The summed E-state index contributed by atoms with van der Waals surface area (Å²) in [6.07, 6.45) is 0.396. The lowest BCUT2D eigenvalue weighted by Gasteiger charge is -1.96. The van der Waals surface area contributed by atoms with E-state index in [0.29, 0.717) is 28.6 Å². The molecule has 1 aromatic carbocycles. The van der Waals surface area contributed by atoms with Crippen molar-refractivity contribution in [2.45, 2.75) is 6.42 Å². The Bertz CT molecular complexity index is 779. The van der Waals surface area contributed by atoms with Crippen LogP contribution in [0.15, 0.2) is 50.0 Å². The molecule has 0 saturated carbocycles. The molecule has 0 atom stereocenters. The topological polar surface area (TPSA) is 95.2 Å². The van der Waals surface area contributed by atoms with Gasteiger partial charge in [0.25, 0.3) is 5.69 Å². The predicted octanol–water partition coefficient (Wildman–Crippen LogP) is 3.59. The van der Waals surface area contributed by atoms with Crippen LogP contribution in [-0.2, 0) is 6.42 Å². The smallest absolute Gasteiger partial charge is 0.269 e. The van der Waals surface area contributed by atoms with Crippen LogP contribution in [0.3, 0.4) is 0 Å². The molecule has 8 heteroatoms. The van der Waals surface area contributed by atoms with Crippen molar-refractivity contribution in [3.05, 3.63) is 62.6 Å². The molecule has 0 unspecified atom stereocenters. The lowest BCUT2D eigenvalue weighted by molar-refractivity contribution is -0.384. The number of aromatic nitrogens is 2. The molecule has 0 N–H and O–H groups in total. The van der Waals surface area contributed by atoms with Gasteiger partial charge in [-0.3, -0.25) is 10.1 Å². The second-order valence-electron chi connectivity index (χ2n) is 4.22. The quantitative estimate of drug-likeness (QED) is 0.527. The summed E-state index contributed by atoms with van der Waals surface area (Å²) in [5.41, 5.74) is 0.891. The number of rotatable bonds is 4. The zero-order chi connectivity index (χ0) is 14.8. The molecule has 0 bridgehead atoms. The number of nitro groups is 1. The highest BCUT2D eigenvalue weighted by atomic mass is 79.9. The van der Waals surface area contributed by atoms with Crippen molar-refractivity contribution in [1.82, 2.24) is 10.1 Å². The van der Waals surface area contributed by atoms with E-state index in [0.717, 1.165) is 5.56 Å². The number of non-ortho nitro benzene ring substituents is 1. The van der Waals surface area contributed by atoms with Crippen molar-refractivity contribution in [3.8, 4) is 11.6 Å². The van der Waals surface area contributed by atoms with Crippen LogP contribution in [0.2, 0.25) is 0 Å². The molecule has 7 nitrogen and oxygen atoms in total. The molecule has 21 heavy (non-hydrogen) atoms. The lowest BCUT2D eigenvalue weighted by Crippen LogP contribution is -1.91. The van der Waals surface area contributed by atoms with Gasteiger partial charge in [0.2, 0.25) is 11.7 Å². The number of hydrogen-bond donors (Lipinski definition) is 0. The first-order chi connectivity index (χ1) is 10.1. The maximum atomic E-state index is 10.6. The Kier molecular flexibility index (Phi) is 3.53.